The van der Waals surface area contributed by atoms with Gasteiger partial charge in [-0.05, 0) is 44.2 Å². The predicted octanol–water partition coefficient (Wildman–Crippen LogP) is 1.66. The Balaban J connectivity index is 1.52. The average Bonchev–Trinajstić information content (AvgIpc) is 3.16. The van der Waals surface area contributed by atoms with Crippen LogP contribution in [0.4, 0.5) is 0 Å². The molecule has 0 spiro atoms. The number of primary amides is 1. The normalized spacial score (nSPS) is 16.7. The Morgan fingerprint density at radius 2 is 1.84 bits per heavy atom. The number of nitrogens with two attached hydrogens (primary N) is 1. The van der Waals surface area contributed by atoms with Gasteiger partial charge >= 0.3 is 0 Å². The second-order valence-corrected chi connectivity index (χ2v) is 10.1. The number of hydrogen-bond acceptors (Lipinski definition) is 4. The number of aromatic nitrogens is 1. The van der Waals surface area contributed by atoms with Crippen LogP contribution in [0.15, 0.2) is 47.5 Å². The third kappa shape index (κ3) is 5.54. The lowest BCUT2D eigenvalue weighted by Crippen LogP contribution is -2.44. The maximum atomic E-state index is 12.9. The number of sulfonamides is 1. The molecule has 168 valence electrons. The molecular formula is C22H30N4O4S. The van der Waals surface area contributed by atoms with E-state index in [2.05, 4.69) is 17.4 Å². The number of rotatable bonds is 8. The maximum absolute atomic E-state index is 12.9. The largest absolute Gasteiger partial charge is 0.364 e. The fourth-order valence-electron chi connectivity index (χ4n) is 3.89. The SMILES string of the molecule is CC(CCc1ccccc1)NC(=O)C1CCN(S(=O)(=O)c2cc(C(N)=O)n(C)c2)CC1. The highest BCUT2D eigenvalue weighted by molar-refractivity contribution is 7.89. The van der Waals surface area contributed by atoms with E-state index in [0.29, 0.717) is 12.8 Å². The highest BCUT2D eigenvalue weighted by atomic mass is 32.2. The predicted molar refractivity (Wildman–Crippen MR) is 118 cm³/mol. The van der Waals surface area contributed by atoms with Crippen molar-refractivity contribution in [3.63, 3.8) is 0 Å². The zero-order valence-electron chi connectivity index (χ0n) is 18.0. The molecule has 3 N–H and O–H groups in total. The number of hydrogen-bond donors (Lipinski definition) is 2. The number of nitrogens with zero attached hydrogens (tertiary/aromatic N) is 2. The van der Waals surface area contributed by atoms with Crippen LogP contribution in [0, 0.1) is 5.92 Å². The Hall–Kier alpha value is -2.65. The van der Waals surface area contributed by atoms with E-state index < -0.39 is 15.9 Å². The molecule has 1 fully saturated rings. The first kappa shape index (κ1) is 23.0. The van der Waals surface area contributed by atoms with Crippen LogP contribution in [-0.2, 0) is 28.3 Å². The van der Waals surface area contributed by atoms with Gasteiger partial charge in [-0.1, -0.05) is 30.3 Å². The van der Waals surface area contributed by atoms with Crippen LogP contribution in [-0.4, -0.2) is 48.2 Å². The number of carbonyl (C=O) groups excluding carboxylic acids is 2. The van der Waals surface area contributed by atoms with Gasteiger partial charge in [0.15, 0.2) is 0 Å². The summed E-state index contributed by atoms with van der Waals surface area (Å²) in [7, 11) is -2.16. The average molecular weight is 447 g/mol. The Bertz CT molecular complexity index is 1030. The van der Waals surface area contributed by atoms with Gasteiger partial charge in [0.2, 0.25) is 15.9 Å². The number of carbonyl (C=O) groups is 2. The molecule has 1 aromatic carbocycles. The summed E-state index contributed by atoms with van der Waals surface area (Å²) < 4.78 is 28.6. The molecule has 0 saturated carbocycles. The molecule has 1 atom stereocenters. The van der Waals surface area contributed by atoms with Crippen molar-refractivity contribution in [3.05, 3.63) is 53.9 Å². The molecule has 9 heteroatoms. The van der Waals surface area contributed by atoms with E-state index in [4.69, 9.17) is 5.73 Å². The standard InChI is InChI=1S/C22H30N4O4S/c1-16(8-9-17-6-4-3-5-7-17)24-22(28)18-10-12-26(13-11-18)31(29,30)19-14-20(21(23)27)25(2)15-19/h3-7,14-16,18H,8-13H2,1-2H3,(H2,23,27)(H,24,28). The first-order valence-electron chi connectivity index (χ1n) is 10.5. The van der Waals surface area contributed by atoms with Crippen LogP contribution in [0.1, 0.15) is 42.2 Å². The van der Waals surface area contributed by atoms with Crippen LogP contribution in [0.3, 0.4) is 0 Å². The van der Waals surface area contributed by atoms with E-state index >= 15 is 0 Å². The third-order valence-electron chi connectivity index (χ3n) is 5.79. The quantitative estimate of drug-likeness (QED) is 0.642. The molecule has 1 aliphatic rings. The molecule has 2 amide bonds. The van der Waals surface area contributed by atoms with Crippen molar-refractivity contribution in [1.82, 2.24) is 14.2 Å². The number of aryl methyl sites for hydroxylation is 2. The van der Waals surface area contributed by atoms with E-state index in [9.17, 15) is 18.0 Å². The van der Waals surface area contributed by atoms with Gasteiger partial charge in [0.1, 0.15) is 10.6 Å². The second-order valence-electron chi connectivity index (χ2n) is 8.15. The number of piperidine rings is 1. The molecule has 1 saturated heterocycles. The Kier molecular flexibility index (Phi) is 7.17. The fourth-order valence-corrected chi connectivity index (χ4v) is 5.43. The van der Waals surface area contributed by atoms with Crippen LogP contribution >= 0.6 is 0 Å². The van der Waals surface area contributed by atoms with E-state index in [0.717, 1.165) is 12.8 Å². The molecule has 1 aliphatic heterocycles. The van der Waals surface area contributed by atoms with Gasteiger partial charge in [-0.15, -0.1) is 0 Å². The summed E-state index contributed by atoms with van der Waals surface area (Å²) in [6, 6.07) is 11.5. The van der Waals surface area contributed by atoms with Gasteiger partial charge in [0, 0.05) is 38.3 Å². The summed E-state index contributed by atoms with van der Waals surface area (Å²) >= 11 is 0. The van der Waals surface area contributed by atoms with E-state index in [1.54, 1.807) is 7.05 Å². The lowest BCUT2D eigenvalue weighted by atomic mass is 9.96. The van der Waals surface area contributed by atoms with Gasteiger partial charge in [-0.3, -0.25) is 9.59 Å². The van der Waals surface area contributed by atoms with E-state index in [1.165, 1.54) is 26.7 Å². The van der Waals surface area contributed by atoms with Crippen LogP contribution in [0.2, 0.25) is 0 Å². The van der Waals surface area contributed by atoms with Crippen molar-refractivity contribution in [2.24, 2.45) is 18.7 Å². The molecule has 8 nitrogen and oxygen atoms in total. The van der Waals surface area contributed by atoms with Crippen molar-refractivity contribution < 1.29 is 18.0 Å². The fraction of sp³-hybridized carbons (Fsp3) is 0.455. The Labute approximate surface area is 183 Å². The molecule has 0 radical (unpaired) electrons. The molecular weight excluding hydrogens is 416 g/mol. The topological polar surface area (TPSA) is 114 Å². The minimum Gasteiger partial charge on any atom is -0.364 e. The van der Waals surface area contributed by atoms with Gasteiger partial charge < -0.3 is 15.6 Å². The van der Waals surface area contributed by atoms with Crippen LogP contribution < -0.4 is 11.1 Å². The third-order valence-corrected chi connectivity index (χ3v) is 7.66. The molecule has 0 aliphatic carbocycles. The summed E-state index contributed by atoms with van der Waals surface area (Å²) in [5, 5.41) is 3.07. The molecule has 2 aromatic rings. The zero-order chi connectivity index (χ0) is 22.6. The van der Waals surface area contributed by atoms with Gasteiger partial charge in [-0.25, -0.2) is 8.42 Å². The van der Waals surface area contributed by atoms with Crippen molar-refractivity contribution >= 4 is 21.8 Å². The minimum absolute atomic E-state index is 0.0201. The Morgan fingerprint density at radius 3 is 2.42 bits per heavy atom. The van der Waals surface area contributed by atoms with Crippen LogP contribution in [0.5, 0.6) is 0 Å². The Morgan fingerprint density at radius 1 is 1.19 bits per heavy atom. The van der Waals surface area contributed by atoms with Crippen molar-refractivity contribution in [2.75, 3.05) is 13.1 Å². The molecule has 0 bridgehead atoms. The molecule has 2 heterocycles. The summed E-state index contributed by atoms with van der Waals surface area (Å²) in [4.78, 5) is 24.1. The maximum Gasteiger partial charge on any atom is 0.265 e. The van der Waals surface area contributed by atoms with E-state index in [1.807, 2.05) is 25.1 Å². The lowest BCUT2D eigenvalue weighted by Gasteiger charge is -2.31. The number of amides is 2. The first-order chi connectivity index (χ1) is 14.7. The summed E-state index contributed by atoms with van der Waals surface area (Å²) in [5.41, 5.74) is 6.66. The monoisotopic (exact) mass is 446 g/mol. The minimum atomic E-state index is -3.74. The molecule has 1 unspecified atom stereocenters. The molecule has 1 aromatic heterocycles. The number of nitrogens with one attached hydrogen (secondary N) is 1. The molecule has 31 heavy (non-hydrogen) atoms. The zero-order valence-corrected chi connectivity index (χ0v) is 18.8. The van der Waals surface area contributed by atoms with Crippen LogP contribution in [0.25, 0.3) is 0 Å². The molecule has 3 rings (SSSR count). The van der Waals surface area contributed by atoms with Crippen molar-refractivity contribution in [1.29, 1.82) is 0 Å². The van der Waals surface area contributed by atoms with Gasteiger partial charge in [0.05, 0.1) is 0 Å². The van der Waals surface area contributed by atoms with Crippen molar-refractivity contribution in [2.45, 2.75) is 43.5 Å². The second kappa shape index (κ2) is 9.65. The lowest BCUT2D eigenvalue weighted by molar-refractivity contribution is -0.126. The van der Waals surface area contributed by atoms with Gasteiger partial charge in [-0.2, -0.15) is 4.31 Å². The van der Waals surface area contributed by atoms with Gasteiger partial charge in [0.25, 0.3) is 5.91 Å². The first-order valence-corrected chi connectivity index (χ1v) is 11.9. The summed E-state index contributed by atoms with van der Waals surface area (Å²) in [6.45, 7) is 2.52. The summed E-state index contributed by atoms with van der Waals surface area (Å²) in [5.74, 6) is -0.906. The highest BCUT2D eigenvalue weighted by Gasteiger charge is 2.33. The van der Waals surface area contributed by atoms with E-state index in [-0.39, 0.29) is 41.5 Å². The number of benzene rings is 1. The smallest absolute Gasteiger partial charge is 0.265 e. The van der Waals surface area contributed by atoms with Crippen molar-refractivity contribution in [3.8, 4) is 0 Å². The summed E-state index contributed by atoms with van der Waals surface area (Å²) in [6.07, 6.45) is 4.06. The highest BCUT2D eigenvalue weighted by Crippen LogP contribution is 2.25.